The van der Waals surface area contributed by atoms with Crippen molar-refractivity contribution in [2.75, 3.05) is 6.54 Å². The molecule has 0 aliphatic heterocycles. The van der Waals surface area contributed by atoms with E-state index in [9.17, 15) is 0 Å². The fourth-order valence-corrected chi connectivity index (χ4v) is 1.89. The standard InChI is InChI=1S/C17H16ClNO/c18-17-8-6-15(7-9-17)12-20-13-16-4-1-3-14(11-16)5-2-10-19/h1,3-4,6-9,11H,10,12-13,19H2. The molecule has 0 unspecified atom stereocenters. The lowest BCUT2D eigenvalue weighted by Crippen LogP contribution is -1.95. The van der Waals surface area contributed by atoms with Crippen molar-refractivity contribution in [2.24, 2.45) is 5.73 Å². The fraction of sp³-hybridized carbons (Fsp3) is 0.176. The summed E-state index contributed by atoms with van der Waals surface area (Å²) in [6.07, 6.45) is 0. The molecule has 2 nitrogen and oxygen atoms in total. The average molecular weight is 286 g/mol. The van der Waals surface area contributed by atoms with Crippen molar-refractivity contribution in [3.05, 3.63) is 70.2 Å². The van der Waals surface area contributed by atoms with Gasteiger partial charge in [-0.3, -0.25) is 0 Å². The number of benzene rings is 2. The van der Waals surface area contributed by atoms with Gasteiger partial charge in [0, 0.05) is 10.6 Å². The molecule has 0 aliphatic carbocycles. The Morgan fingerprint density at radius 1 is 1.00 bits per heavy atom. The maximum atomic E-state index is 5.84. The first-order chi connectivity index (χ1) is 9.78. The van der Waals surface area contributed by atoms with Crippen molar-refractivity contribution >= 4 is 11.6 Å². The van der Waals surface area contributed by atoms with Crippen molar-refractivity contribution in [1.82, 2.24) is 0 Å². The van der Waals surface area contributed by atoms with Crippen molar-refractivity contribution in [2.45, 2.75) is 13.2 Å². The molecule has 2 N–H and O–H groups in total. The van der Waals surface area contributed by atoms with Crippen LogP contribution in [0.25, 0.3) is 0 Å². The van der Waals surface area contributed by atoms with Crippen LogP contribution in [0.3, 0.4) is 0 Å². The number of rotatable bonds is 4. The van der Waals surface area contributed by atoms with E-state index in [1.165, 1.54) is 0 Å². The molecule has 20 heavy (non-hydrogen) atoms. The second-order valence-electron chi connectivity index (χ2n) is 4.33. The van der Waals surface area contributed by atoms with Gasteiger partial charge in [-0.05, 0) is 35.4 Å². The number of ether oxygens (including phenoxy) is 1. The Labute approximate surface area is 124 Å². The highest BCUT2D eigenvalue weighted by Crippen LogP contribution is 2.12. The van der Waals surface area contributed by atoms with Gasteiger partial charge in [-0.25, -0.2) is 0 Å². The number of hydrogen-bond acceptors (Lipinski definition) is 2. The molecule has 102 valence electrons. The van der Waals surface area contributed by atoms with Crippen molar-refractivity contribution < 1.29 is 4.74 Å². The summed E-state index contributed by atoms with van der Waals surface area (Å²) in [7, 11) is 0. The van der Waals surface area contributed by atoms with E-state index in [1.54, 1.807) is 0 Å². The van der Waals surface area contributed by atoms with Gasteiger partial charge in [0.15, 0.2) is 0 Å². The van der Waals surface area contributed by atoms with E-state index in [-0.39, 0.29) is 0 Å². The van der Waals surface area contributed by atoms with Crippen LogP contribution in [-0.2, 0) is 18.0 Å². The predicted molar refractivity (Wildman–Crippen MR) is 82.3 cm³/mol. The van der Waals surface area contributed by atoms with Crippen LogP contribution in [0.4, 0.5) is 0 Å². The van der Waals surface area contributed by atoms with Gasteiger partial charge in [-0.15, -0.1) is 0 Å². The third-order valence-corrected chi connectivity index (χ3v) is 2.96. The van der Waals surface area contributed by atoms with Crippen LogP contribution >= 0.6 is 11.6 Å². The summed E-state index contributed by atoms with van der Waals surface area (Å²) in [5, 5.41) is 0.736. The number of halogens is 1. The molecule has 0 radical (unpaired) electrons. The largest absolute Gasteiger partial charge is 0.372 e. The van der Waals surface area contributed by atoms with Crippen molar-refractivity contribution in [3.8, 4) is 11.8 Å². The molecule has 0 aliphatic rings. The van der Waals surface area contributed by atoms with Gasteiger partial charge in [-0.1, -0.05) is 47.7 Å². The highest BCUT2D eigenvalue weighted by molar-refractivity contribution is 6.30. The normalized spacial score (nSPS) is 9.90. The summed E-state index contributed by atoms with van der Waals surface area (Å²) in [5.74, 6) is 5.86. The van der Waals surface area contributed by atoms with E-state index < -0.39 is 0 Å². The summed E-state index contributed by atoms with van der Waals surface area (Å²) in [6, 6.07) is 15.6. The minimum atomic E-state index is 0.372. The smallest absolute Gasteiger partial charge is 0.0721 e. The highest BCUT2D eigenvalue weighted by Gasteiger charge is 1.97. The van der Waals surface area contributed by atoms with E-state index in [2.05, 4.69) is 11.8 Å². The quantitative estimate of drug-likeness (QED) is 0.874. The van der Waals surface area contributed by atoms with Crippen LogP contribution in [-0.4, -0.2) is 6.54 Å². The molecule has 0 saturated carbocycles. The first-order valence-electron chi connectivity index (χ1n) is 6.38. The molecule has 0 bridgehead atoms. The van der Waals surface area contributed by atoms with E-state index in [0.717, 1.165) is 21.7 Å². The van der Waals surface area contributed by atoms with Crippen LogP contribution in [0.5, 0.6) is 0 Å². The van der Waals surface area contributed by atoms with E-state index in [1.807, 2.05) is 48.5 Å². The molecule has 0 fully saturated rings. The first kappa shape index (κ1) is 14.6. The maximum Gasteiger partial charge on any atom is 0.0721 e. The lowest BCUT2D eigenvalue weighted by Gasteiger charge is -2.05. The molecule has 2 rings (SSSR count). The minimum absolute atomic E-state index is 0.372. The molecule has 0 spiro atoms. The maximum absolute atomic E-state index is 5.84. The molecule has 0 heterocycles. The highest BCUT2D eigenvalue weighted by atomic mass is 35.5. The molecular weight excluding hydrogens is 270 g/mol. The summed E-state index contributed by atoms with van der Waals surface area (Å²) in [4.78, 5) is 0. The van der Waals surface area contributed by atoms with Gasteiger partial charge in [0.1, 0.15) is 0 Å². The fourth-order valence-electron chi connectivity index (χ4n) is 1.76. The molecular formula is C17H16ClNO. The Hall–Kier alpha value is -1.79. The van der Waals surface area contributed by atoms with Crippen LogP contribution < -0.4 is 5.73 Å². The predicted octanol–water partition coefficient (Wildman–Crippen LogP) is 3.37. The Kier molecular flexibility index (Phi) is 5.64. The lowest BCUT2D eigenvalue weighted by atomic mass is 10.1. The Balaban J connectivity index is 1.89. The summed E-state index contributed by atoms with van der Waals surface area (Å²) in [6.45, 7) is 1.49. The number of nitrogens with two attached hydrogens (primary N) is 1. The third-order valence-electron chi connectivity index (χ3n) is 2.71. The van der Waals surface area contributed by atoms with Crippen molar-refractivity contribution in [1.29, 1.82) is 0 Å². The molecule has 0 amide bonds. The zero-order valence-corrected chi connectivity index (χ0v) is 11.9. The molecule has 0 atom stereocenters. The van der Waals surface area contributed by atoms with Crippen LogP contribution in [0.15, 0.2) is 48.5 Å². The second-order valence-corrected chi connectivity index (χ2v) is 4.76. The average Bonchev–Trinajstić information content (AvgIpc) is 2.48. The summed E-state index contributed by atoms with van der Waals surface area (Å²) < 4.78 is 5.69. The van der Waals surface area contributed by atoms with E-state index >= 15 is 0 Å². The molecule has 0 aromatic heterocycles. The van der Waals surface area contributed by atoms with Gasteiger partial charge in [-0.2, -0.15) is 0 Å². The van der Waals surface area contributed by atoms with E-state index in [4.69, 9.17) is 22.1 Å². The van der Waals surface area contributed by atoms with E-state index in [0.29, 0.717) is 19.8 Å². The van der Waals surface area contributed by atoms with Crippen LogP contribution in [0, 0.1) is 11.8 Å². The SMILES string of the molecule is NCC#Cc1cccc(COCc2ccc(Cl)cc2)c1. The molecule has 2 aromatic carbocycles. The van der Waals surface area contributed by atoms with Gasteiger partial charge in [0.25, 0.3) is 0 Å². The second kappa shape index (κ2) is 7.72. The van der Waals surface area contributed by atoms with Gasteiger partial charge < -0.3 is 10.5 Å². The Morgan fingerprint density at radius 3 is 2.50 bits per heavy atom. The van der Waals surface area contributed by atoms with Crippen LogP contribution in [0.1, 0.15) is 16.7 Å². The zero-order chi connectivity index (χ0) is 14.2. The summed E-state index contributed by atoms with van der Waals surface area (Å²) in [5.41, 5.74) is 8.53. The monoisotopic (exact) mass is 285 g/mol. The number of hydrogen-bond donors (Lipinski definition) is 1. The minimum Gasteiger partial charge on any atom is -0.372 e. The van der Waals surface area contributed by atoms with Gasteiger partial charge in [0.05, 0.1) is 19.8 Å². The van der Waals surface area contributed by atoms with Crippen molar-refractivity contribution in [3.63, 3.8) is 0 Å². The lowest BCUT2D eigenvalue weighted by molar-refractivity contribution is 0.107. The van der Waals surface area contributed by atoms with Gasteiger partial charge in [0.2, 0.25) is 0 Å². The Morgan fingerprint density at radius 2 is 1.75 bits per heavy atom. The summed E-state index contributed by atoms with van der Waals surface area (Å²) >= 11 is 5.84. The molecule has 0 saturated heterocycles. The first-order valence-corrected chi connectivity index (χ1v) is 6.76. The molecule has 2 aromatic rings. The van der Waals surface area contributed by atoms with Crippen LogP contribution in [0.2, 0.25) is 5.02 Å². The molecule has 3 heteroatoms. The third kappa shape index (κ3) is 4.71. The Bertz CT molecular complexity index is 611. The topological polar surface area (TPSA) is 35.2 Å². The zero-order valence-electron chi connectivity index (χ0n) is 11.1. The van der Waals surface area contributed by atoms with Gasteiger partial charge >= 0.3 is 0 Å².